The molecule has 0 saturated carbocycles. The molecule has 1 atom stereocenters. The van der Waals surface area contributed by atoms with Gasteiger partial charge < -0.3 is 19.1 Å². The van der Waals surface area contributed by atoms with Crippen molar-refractivity contribution in [1.29, 1.82) is 0 Å². The molecule has 2 amide bonds. The van der Waals surface area contributed by atoms with Crippen LogP contribution in [0.4, 0.5) is 10.6 Å². The van der Waals surface area contributed by atoms with Crippen LogP contribution in [-0.4, -0.2) is 63.4 Å². The molecule has 0 spiro atoms. The maximum atomic E-state index is 13.7. The van der Waals surface area contributed by atoms with Gasteiger partial charge in [0.25, 0.3) is 0 Å². The highest BCUT2D eigenvalue weighted by Gasteiger charge is 2.36. The third kappa shape index (κ3) is 4.31. The minimum atomic E-state index is -0.683. The standard InChI is InChI=1S/C28H33N5O5/c1-17(34)31-10-8-18(9-11-31)21-12-23-26(33-16-29-30-25(21)33)32(27(35)38-28(2,3)4)13-19-6-5-7-22-24(19)20(14-36-22)15-37-23/h5-7,12,16,18,20H,8-11,13-15H2,1-4H3/t20-/m1/s1. The Morgan fingerprint density at radius 3 is 2.50 bits per heavy atom. The summed E-state index contributed by atoms with van der Waals surface area (Å²) in [7, 11) is 0. The van der Waals surface area contributed by atoms with Crippen molar-refractivity contribution in [3.05, 3.63) is 47.3 Å². The molecule has 3 aliphatic heterocycles. The lowest BCUT2D eigenvalue weighted by molar-refractivity contribution is -0.129. The number of likely N-dealkylation sites (tertiary alicyclic amines) is 1. The van der Waals surface area contributed by atoms with Crippen LogP contribution in [0.25, 0.3) is 5.65 Å². The van der Waals surface area contributed by atoms with E-state index in [1.807, 2.05) is 54.3 Å². The Bertz CT molecular complexity index is 1400. The van der Waals surface area contributed by atoms with Crippen molar-refractivity contribution in [1.82, 2.24) is 19.5 Å². The van der Waals surface area contributed by atoms with Gasteiger partial charge >= 0.3 is 6.09 Å². The van der Waals surface area contributed by atoms with Crippen molar-refractivity contribution in [3.63, 3.8) is 0 Å². The number of rotatable bonds is 1. The fraction of sp³-hybridized carbons (Fsp3) is 0.500. The molecule has 1 fully saturated rings. The molecule has 10 heteroatoms. The van der Waals surface area contributed by atoms with Gasteiger partial charge in [-0.15, -0.1) is 10.2 Å². The largest absolute Gasteiger partial charge is 0.493 e. The fourth-order valence-electron chi connectivity index (χ4n) is 5.78. The van der Waals surface area contributed by atoms with Gasteiger partial charge in [-0.2, -0.15) is 0 Å². The highest BCUT2D eigenvalue weighted by molar-refractivity contribution is 5.90. The Morgan fingerprint density at radius 2 is 1.79 bits per heavy atom. The summed E-state index contributed by atoms with van der Waals surface area (Å²) in [6, 6.07) is 7.96. The SMILES string of the molecule is CC(=O)N1CCC(c2cc3c(n4cnnc24)N(C(=O)OC(C)(C)C)Cc2cccc4c2[C@H](CO4)CO3)CC1. The second-order valence-electron chi connectivity index (χ2n) is 11.3. The van der Waals surface area contributed by atoms with Crippen LogP contribution in [0.2, 0.25) is 0 Å². The second kappa shape index (κ2) is 9.18. The summed E-state index contributed by atoms with van der Waals surface area (Å²) in [6.07, 6.45) is 2.80. The Morgan fingerprint density at radius 1 is 1.05 bits per heavy atom. The number of nitrogens with zero attached hydrogens (tertiary/aromatic N) is 5. The number of aromatic nitrogens is 3. The van der Waals surface area contributed by atoms with E-state index in [0.29, 0.717) is 43.5 Å². The van der Waals surface area contributed by atoms with Crippen LogP contribution in [0.3, 0.4) is 0 Å². The molecular formula is C28H33N5O5. The maximum absolute atomic E-state index is 13.7. The van der Waals surface area contributed by atoms with E-state index in [9.17, 15) is 9.59 Å². The van der Waals surface area contributed by atoms with Gasteiger partial charge in [0, 0.05) is 31.1 Å². The van der Waals surface area contributed by atoms with Crippen LogP contribution >= 0.6 is 0 Å². The van der Waals surface area contributed by atoms with Crippen molar-refractivity contribution >= 4 is 23.5 Å². The van der Waals surface area contributed by atoms with E-state index in [2.05, 4.69) is 10.2 Å². The van der Waals surface area contributed by atoms with Gasteiger partial charge in [0.2, 0.25) is 5.91 Å². The topological polar surface area (TPSA) is 98.5 Å². The van der Waals surface area contributed by atoms with Crippen LogP contribution in [0, 0.1) is 0 Å². The van der Waals surface area contributed by atoms with Gasteiger partial charge in [-0.25, -0.2) is 4.79 Å². The van der Waals surface area contributed by atoms with E-state index in [-0.39, 0.29) is 24.3 Å². The minimum Gasteiger partial charge on any atom is -0.493 e. The molecule has 0 aliphatic carbocycles. The zero-order chi connectivity index (χ0) is 26.6. The van der Waals surface area contributed by atoms with Crippen LogP contribution < -0.4 is 14.4 Å². The van der Waals surface area contributed by atoms with E-state index in [1.54, 1.807) is 18.2 Å². The summed E-state index contributed by atoms with van der Waals surface area (Å²) >= 11 is 0. The molecular weight excluding hydrogens is 486 g/mol. The first-order valence-electron chi connectivity index (χ1n) is 13.2. The van der Waals surface area contributed by atoms with Crippen molar-refractivity contribution < 1.29 is 23.8 Å². The summed E-state index contributed by atoms with van der Waals surface area (Å²) in [5.74, 6) is 2.29. The first-order chi connectivity index (χ1) is 18.2. The van der Waals surface area contributed by atoms with Gasteiger partial charge in [0.1, 0.15) is 17.7 Å². The number of hydrogen-bond donors (Lipinski definition) is 0. The predicted molar refractivity (Wildman–Crippen MR) is 140 cm³/mol. The van der Waals surface area contributed by atoms with Crippen LogP contribution in [0.15, 0.2) is 30.6 Å². The number of hydrogen-bond acceptors (Lipinski definition) is 7. The molecule has 0 bridgehead atoms. The quantitative estimate of drug-likeness (QED) is 0.474. The van der Waals surface area contributed by atoms with E-state index in [0.717, 1.165) is 35.3 Å². The average molecular weight is 520 g/mol. The predicted octanol–water partition coefficient (Wildman–Crippen LogP) is 4.27. The summed E-state index contributed by atoms with van der Waals surface area (Å²) < 4.78 is 20.2. The molecule has 6 rings (SSSR count). The second-order valence-corrected chi connectivity index (χ2v) is 11.3. The van der Waals surface area contributed by atoms with Crippen LogP contribution in [0.5, 0.6) is 11.5 Å². The minimum absolute atomic E-state index is 0.0477. The summed E-state index contributed by atoms with van der Waals surface area (Å²) in [5.41, 5.74) is 3.08. The number of benzene rings is 1. The van der Waals surface area contributed by atoms with Gasteiger partial charge in [-0.1, -0.05) is 12.1 Å². The lowest BCUT2D eigenvalue weighted by Gasteiger charge is -2.33. The highest BCUT2D eigenvalue weighted by atomic mass is 16.6. The molecule has 0 radical (unpaired) electrons. The maximum Gasteiger partial charge on any atom is 0.416 e. The Hall–Kier alpha value is -3.82. The molecule has 10 nitrogen and oxygen atoms in total. The number of pyridine rings is 1. The zero-order valence-corrected chi connectivity index (χ0v) is 22.3. The molecule has 38 heavy (non-hydrogen) atoms. The van der Waals surface area contributed by atoms with Crippen molar-refractivity contribution in [2.45, 2.75) is 64.5 Å². The van der Waals surface area contributed by atoms with Crippen molar-refractivity contribution in [3.8, 4) is 11.5 Å². The number of carbonyl (C=O) groups is 2. The van der Waals surface area contributed by atoms with Crippen molar-refractivity contribution in [2.24, 2.45) is 0 Å². The molecule has 3 aliphatic rings. The highest BCUT2D eigenvalue weighted by Crippen LogP contribution is 2.43. The molecule has 3 aromatic rings. The number of anilines is 1. The molecule has 1 saturated heterocycles. The normalized spacial score (nSPS) is 19.5. The first kappa shape index (κ1) is 24.5. The van der Waals surface area contributed by atoms with Gasteiger partial charge in [0.15, 0.2) is 17.2 Å². The number of ether oxygens (including phenoxy) is 3. The zero-order valence-electron chi connectivity index (χ0n) is 22.3. The van der Waals surface area contributed by atoms with Gasteiger partial charge in [0.05, 0.1) is 25.7 Å². The van der Waals surface area contributed by atoms with Gasteiger partial charge in [-0.3, -0.25) is 14.1 Å². The Kier molecular flexibility index (Phi) is 5.92. The Balaban J connectivity index is 1.48. The van der Waals surface area contributed by atoms with Crippen molar-refractivity contribution in [2.75, 3.05) is 31.2 Å². The lowest BCUT2D eigenvalue weighted by atomic mass is 9.89. The number of amides is 2. The summed E-state index contributed by atoms with van der Waals surface area (Å²) in [5, 5.41) is 8.70. The van der Waals surface area contributed by atoms with E-state index in [4.69, 9.17) is 14.2 Å². The molecule has 2 aromatic heterocycles. The van der Waals surface area contributed by atoms with Crippen LogP contribution in [-0.2, 0) is 16.1 Å². The number of fused-ring (bicyclic) bond motifs is 3. The summed E-state index contributed by atoms with van der Waals surface area (Å²) in [6.45, 7) is 9.79. The van der Waals surface area contributed by atoms with Crippen LogP contribution in [0.1, 0.15) is 69.1 Å². The fourth-order valence-corrected chi connectivity index (χ4v) is 5.78. The molecule has 1 aromatic carbocycles. The third-order valence-electron chi connectivity index (χ3n) is 7.56. The summed E-state index contributed by atoms with van der Waals surface area (Å²) in [4.78, 5) is 29.1. The third-order valence-corrected chi connectivity index (χ3v) is 7.56. The molecule has 0 N–H and O–H groups in total. The van der Waals surface area contributed by atoms with Gasteiger partial charge in [-0.05, 0) is 57.2 Å². The molecule has 200 valence electrons. The Labute approximate surface area is 221 Å². The first-order valence-corrected chi connectivity index (χ1v) is 13.2. The van der Waals surface area contributed by atoms with E-state index in [1.165, 1.54) is 0 Å². The smallest absolute Gasteiger partial charge is 0.416 e. The lowest BCUT2D eigenvalue weighted by Crippen LogP contribution is -2.38. The monoisotopic (exact) mass is 519 g/mol. The molecule has 5 heterocycles. The van der Waals surface area contributed by atoms with E-state index >= 15 is 0 Å². The number of carbonyl (C=O) groups excluding carboxylic acids is 2. The average Bonchev–Trinajstić information content (AvgIpc) is 3.53. The van der Waals surface area contributed by atoms with E-state index < -0.39 is 11.7 Å². The number of piperidine rings is 1. The molecule has 0 unspecified atom stereocenters.